The van der Waals surface area contributed by atoms with Crippen LogP contribution in [0.3, 0.4) is 0 Å². The van der Waals surface area contributed by atoms with E-state index in [1.807, 2.05) is 12.1 Å². The van der Waals surface area contributed by atoms with Gasteiger partial charge in [0.25, 0.3) is 0 Å². The summed E-state index contributed by atoms with van der Waals surface area (Å²) >= 11 is 12.3. The van der Waals surface area contributed by atoms with E-state index in [4.69, 9.17) is 43.5 Å². The monoisotopic (exact) mass is 467 g/mol. The van der Waals surface area contributed by atoms with E-state index in [-0.39, 0.29) is 0 Å². The van der Waals surface area contributed by atoms with Crippen LogP contribution in [0.4, 0.5) is 0 Å². The van der Waals surface area contributed by atoms with Gasteiger partial charge in [0.2, 0.25) is 0 Å². The Balaban J connectivity index is 0.000000412. The molecular formula is C24H31Cl2NO4. The fourth-order valence-corrected chi connectivity index (χ4v) is 3.86. The Morgan fingerprint density at radius 3 is 2.16 bits per heavy atom. The molecule has 0 radical (unpaired) electrons. The molecule has 170 valence electrons. The average molecular weight is 468 g/mol. The molecule has 31 heavy (non-hydrogen) atoms. The molecule has 7 heteroatoms. The zero-order valence-electron chi connectivity index (χ0n) is 18.1. The van der Waals surface area contributed by atoms with Gasteiger partial charge in [0.15, 0.2) is 0 Å². The van der Waals surface area contributed by atoms with Crippen LogP contribution >= 0.6 is 23.2 Å². The number of methoxy groups -OCH3 is 1. The van der Waals surface area contributed by atoms with Crippen LogP contribution in [0.2, 0.25) is 10.0 Å². The fraction of sp³-hybridized carbons (Fsp3) is 0.458. The number of rotatable bonds is 7. The molecule has 0 bridgehead atoms. The second-order valence-corrected chi connectivity index (χ2v) is 8.68. The van der Waals surface area contributed by atoms with Gasteiger partial charge in [-0.25, -0.2) is 0 Å². The van der Waals surface area contributed by atoms with Crippen LogP contribution in [0.1, 0.15) is 50.2 Å². The lowest BCUT2D eigenvalue weighted by Gasteiger charge is -2.15. The van der Waals surface area contributed by atoms with Crippen LogP contribution in [0.25, 0.3) is 0 Å². The number of halogens is 2. The number of benzene rings is 2. The molecule has 5 nitrogen and oxygen atoms in total. The van der Waals surface area contributed by atoms with Crippen molar-refractivity contribution in [2.45, 2.75) is 58.1 Å². The van der Waals surface area contributed by atoms with Gasteiger partial charge in [-0.3, -0.25) is 4.79 Å². The van der Waals surface area contributed by atoms with Crippen molar-refractivity contribution in [2.75, 3.05) is 7.11 Å². The summed E-state index contributed by atoms with van der Waals surface area (Å²) < 4.78 is 10.8. The molecule has 1 aliphatic carbocycles. The van der Waals surface area contributed by atoms with Gasteiger partial charge in [0.05, 0.1) is 23.1 Å². The number of carboxylic acids is 1. The van der Waals surface area contributed by atoms with E-state index in [0.717, 1.165) is 11.1 Å². The zero-order valence-corrected chi connectivity index (χ0v) is 19.6. The molecule has 3 rings (SSSR count). The number of carbonyl (C=O) groups is 1. The number of aliphatic carboxylic acids is 1. The highest BCUT2D eigenvalue weighted by atomic mass is 35.5. The minimum atomic E-state index is -0.831. The van der Waals surface area contributed by atoms with Gasteiger partial charge >= 0.3 is 5.97 Å². The van der Waals surface area contributed by atoms with Gasteiger partial charge < -0.3 is 20.3 Å². The lowest BCUT2D eigenvalue weighted by Crippen LogP contribution is -2.22. The third-order valence-electron chi connectivity index (χ3n) is 5.22. The molecule has 0 aromatic heterocycles. The predicted molar refractivity (Wildman–Crippen MR) is 125 cm³/mol. The van der Waals surface area contributed by atoms with E-state index in [0.29, 0.717) is 40.6 Å². The lowest BCUT2D eigenvalue weighted by atomic mass is 9.97. The Labute approximate surface area is 194 Å². The quantitative estimate of drug-likeness (QED) is 0.512. The van der Waals surface area contributed by atoms with E-state index in [9.17, 15) is 4.79 Å². The highest BCUT2D eigenvalue weighted by molar-refractivity contribution is 6.32. The number of ether oxygens (including phenoxy) is 2. The summed E-state index contributed by atoms with van der Waals surface area (Å²) in [4.78, 5) is 10.9. The maximum atomic E-state index is 10.9. The molecule has 0 amide bonds. The maximum absolute atomic E-state index is 10.9. The molecule has 2 aromatic carbocycles. The van der Waals surface area contributed by atoms with Crippen molar-refractivity contribution in [1.82, 2.24) is 0 Å². The summed E-state index contributed by atoms with van der Waals surface area (Å²) in [5, 5.41) is 9.93. The van der Waals surface area contributed by atoms with Crippen molar-refractivity contribution in [3.63, 3.8) is 0 Å². The summed E-state index contributed by atoms with van der Waals surface area (Å²) in [5.74, 6) is -0.150. The number of carboxylic acid groups (broad SMARTS) is 1. The molecule has 0 aliphatic heterocycles. The Bertz CT molecular complexity index is 853. The zero-order chi connectivity index (χ0) is 22.8. The van der Waals surface area contributed by atoms with Crippen LogP contribution in [-0.4, -0.2) is 24.2 Å². The first-order valence-electron chi connectivity index (χ1n) is 10.5. The van der Waals surface area contributed by atoms with Gasteiger partial charge in [-0.05, 0) is 54.7 Å². The van der Waals surface area contributed by atoms with Crippen molar-refractivity contribution in [2.24, 2.45) is 11.7 Å². The minimum absolute atomic E-state index is 0.314. The van der Waals surface area contributed by atoms with E-state index >= 15 is 0 Å². The van der Waals surface area contributed by atoms with Crippen LogP contribution in [-0.2, 0) is 17.8 Å². The molecule has 2 aromatic rings. The highest BCUT2D eigenvalue weighted by Gasteiger charge is 2.13. The summed E-state index contributed by atoms with van der Waals surface area (Å²) in [5.41, 5.74) is 7.38. The third kappa shape index (κ3) is 8.60. The van der Waals surface area contributed by atoms with Gasteiger partial charge in [0.1, 0.15) is 18.1 Å². The van der Waals surface area contributed by atoms with Crippen LogP contribution < -0.4 is 15.2 Å². The number of hydrogen-bond acceptors (Lipinski definition) is 4. The first-order valence-corrected chi connectivity index (χ1v) is 11.3. The standard InChI is InChI=1S/C18H18Cl2O4.C6H13N/c1-11(18(21)22)7-12-3-6-17(15(20)8-12)24-10-13-4-5-16(23-2)14(19)9-13;7-6-4-2-1-3-5-6/h3-6,8-9,11H,7,10H2,1-2H3,(H,21,22);6H,1-5,7H2. The highest BCUT2D eigenvalue weighted by Crippen LogP contribution is 2.29. The topological polar surface area (TPSA) is 81.8 Å². The fourth-order valence-electron chi connectivity index (χ4n) is 3.32. The van der Waals surface area contributed by atoms with Crippen molar-refractivity contribution in [3.05, 3.63) is 57.6 Å². The van der Waals surface area contributed by atoms with Crippen molar-refractivity contribution in [3.8, 4) is 11.5 Å². The maximum Gasteiger partial charge on any atom is 0.306 e. The predicted octanol–water partition coefficient (Wildman–Crippen LogP) is 6.12. The average Bonchev–Trinajstić information content (AvgIpc) is 2.74. The Morgan fingerprint density at radius 2 is 1.65 bits per heavy atom. The molecule has 0 saturated heterocycles. The van der Waals surface area contributed by atoms with Crippen LogP contribution in [0.5, 0.6) is 11.5 Å². The molecule has 1 aliphatic rings. The van der Waals surface area contributed by atoms with Gasteiger partial charge in [-0.2, -0.15) is 0 Å². The van der Waals surface area contributed by atoms with Crippen LogP contribution in [0.15, 0.2) is 36.4 Å². The molecule has 1 fully saturated rings. The molecule has 1 unspecified atom stereocenters. The number of nitrogens with two attached hydrogens (primary N) is 1. The molecule has 3 N–H and O–H groups in total. The summed E-state index contributed by atoms with van der Waals surface area (Å²) in [6.45, 7) is 1.97. The van der Waals surface area contributed by atoms with Crippen molar-refractivity contribution >= 4 is 29.2 Å². The van der Waals surface area contributed by atoms with Gasteiger partial charge in [-0.1, -0.05) is 61.5 Å². The molecule has 1 saturated carbocycles. The first kappa shape index (κ1) is 25.3. The Hall–Kier alpha value is -1.95. The second kappa shape index (κ2) is 12.8. The van der Waals surface area contributed by atoms with Crippen LogP contribution in [0, 0.1) is 5.92 Å². The van der Waals surface area contributed by atoms with Gasteiger partial charge in [0, 0.05) is 6.04 Å². The van der Waals surface area contributed by atoms with Crippen molar-refractivity contribution in [1.29, 1.82) is 0 Å². The Kier molecular flexibility index (Phi) is 10.4. The van der Waals surface area contributed by atoms with E-state index in [2.05, 4.69) is 0 Å². The molecular weight excluding hydrogens is 437 g/mol. The first-order chi connectivity index (χ1) is 14.8. The van der Waals surface area contributed by atoms with Gasteiger partial charge in [-0.15, -0.1) is 0 Å². The summed E-state index contributed by atoms with van der Waals surface area (Å²) in [6.07, 6.45) is 7.08. The second-order valence-electron chi connectivity index (χ2n) is 7.86. The molecule has 0 spiro atoms. The smallest absolute Gasteiger partial charge is 0.306 e. The normalized spacial score (nSPS) is 14.9. The van der Waals surface area contributed by atoms with E-state index in [1.165, 1.54) is 32.1 Å². The van der Waals surface area contributed by atoms with E-state index in [1.54, 1.807) is 38.3 Å². The Morgan fingerprint density at radius 1 is 1.06 bits per heavy atom. The number of hydrogen-bond donors (Lipinski definition) is 2. The molecule has 1 atom stereocenters. The SMILES string of the molecule is COc1ccc(COc2ccc(CC(C)C(=O)O)cc2Cl)cc1Cl.NC1CCCCC1. The minimum Gasteiger partial charge on any atom is -0.495 e. The van der Waals surface area contributed by atoms with Crippen molar-refractivity contribution < 1.29 is 19.4 Å². The lowest BCUT2D eigenvalue weighted by molar-refractivity contribution is -0.141. The summed E-state index contributed by atoms with van der Waals surface area (Å²) in [7, 11) is 1.56. The van der Waals surface area contributed by atoms with E-state index < -0.39 is 11.9 Å². The molecule has 0 heterocycles. The summed E-state index contributed by atoms with van der Waals surface area (Å²) in [6, 6.07) is 11.3. The third-order valence-corrected chi connectivity index (χ3v) is 5.81. The largest absolute Gasteiger partial charge is 0.495 e.